The van der Waals surface area contributed by atoms with Crippen LogP contribution < -0.4 is 16.0 Å². The molecule has 2 rings (SSSR count). The predicted molar refractivity (Wildman–Crippen MR) is 71.4 cm³/mol. The highest BCUT2D eigenvalue weighted by molar-refractivity contribution is 5.93. The number of aromatic nitrogens is 1. The van der Waals surface area contributed by atoms with Crippen LogP contribution in [0.4, 0.5) is 4.39 Å². The molecular formula is C14H14FN3O2. The number of carbonyl (C=O) groups is 1. The molecule has 0 aliphatic heterocycles. The lowest BCUT2D eigenvalue weighted by atomic mass is 10.1. The quantitative estimate of drug-likeness (QED) is 0.506. The molecule has 1 aromatic carbocycles. The fraction of sp³-hybridized carbons (Fsp3) is 0.143. The number of benzene rings is 1. The van der Waals surface area contributed by atoms with Gasteiger partial charge in [0.2, 0.25) is 0 Å². The van der Waals surface area contributed by atoms with Gasteiger partial charge in [0.25, 0.3) is 5.91 Å². The number of ether oxygens (including phenoxy) is 1. The fourth-order valence-electron chi connectivity index (χ4n) is 1.69. The smallest absolute Gasteiger partial charge is 0.265 e. The second kappa shape index (κ2) is 6.12. The number of amides is 1. The summed E-state index contributed by atoms with van der Waals surface area (Å²) in [4.78, 5) is 15.5. The molecule has 5 nitrogen and oxygen atoms in total. The van der Waals surface area contributed by atoms with Crippen molar-refractivity contribution in [3.63, 3.8) is 0 Å². The van der Waals surface area contributed by atoms with Crippen molar-refractivity contribution in [2.75, 3.05) is 0 Å². The summed E-state index contributed by atoms with van der Waals surface area (Å²) in [5, 5.41) is 0. The maximum absolute atomic E-state index is 13.7. The Hall–Kier alpha value is -2.47. The molecule has 0 bridgehead atoms. The van der Waals surface area contributed by atoms with Gasteiger partial charge in [0, 0.05) is 17.3 Å². The van der Waals surface area contributed by atoms with Crippen molar-refractivity contribution in [1.29, 1.82) is 0 Å². The van der Waals surface area contributed by atoms with Crippen LogP contribution in [0.25, 0.3) is 0 Å². The summed E-state index contributed by atoms with van der Waals surface area (Å²) in [6.07, 6.45) is 1.65. The first-order valence-electron chi connectivity index (χ1n) is 5.95. The zero-order valence-corrected chi connectivity index (χ0v) is 10.9. The lowest BCUT2D eigenvalue weighted by Crippen LogP contribution is -2.30. The van der Waals surface area contributed by atoms with Crippen molar-refractivity contribution in [2.24, 2.45) is 5.84 Å². The van der Waals surface area contributed by atoms with Crippen molar-refractivity contribution in [3.8, 4) is 5.75 Å². The van der Waals surface area contributed by atoms with Gasteiger partial charge in [0.15, 0.2) is 0 Å². The second-order valence-corrected chi connectivity index (χ2v) is 4.16. The monoisotopic (exact) mass is 275 g/mol. The first-order valence-corrected chi connectivity index (χ1v) is 5.95. The summed E-state index contributed by atoms with van der Waals surface area (Å²) in [5.41, 5.74) is 3.26. The average Bonchev–Trinajstić information content (AvgIpc) is 2.47. The van der Waals surface area contributed by atoms with Crippen molar-refractivity contribution in [2.45, 2.75) is 13.5 Å². The molecule has 0 unspecified atom stereocenters. The van der Waals surface area contributed by atoms with E-state index in [1.807, 2.05) is 5.43 Å². The molecule has 6 heteroatoms. The van der Waals surface area contributed by atoms with Gasteiger partial charge < -0.3 is 4.74 Å². The molecule has 0 fully saturated rings. The van der Waals surface area contributed by atoms with Crippen LogP contribution in [0.2, 0.25) is 0 Å². The van der Waals surface area contributed by atoms with Gasteiger partial charge in [-0.05, 0) is 37.3 Å². The van der Waals surface area contributed by atoms with Crippen LogP contribution in [-0.2, 0) is 6.61 Å². The van der Waals surface area contributed by atoms with E-state index in [2.05, 4.69) is 4.98 Å². The van der Waals surface area contributed by atoms with Crippen LogP contribution in [-0.4, -0.2) is 10.9 Å². The Bertz CT molecular complexity index is 632. The maximum atomic E-state index is 13.7. The van der Waals surface area contributed by atoms with Crippen molar-refractivity contribution in [1.82, 2.24) is 10.4 Å². The van der Waals surface area contributed by atoms with E-state index in [0.717, 1.165) is 0 Å². The molecule has 104 valence electrons. The zero-order chi connectivity index (χ0) is 14.5. The molecule has 1 amide bonds. The summed E-state index contributed by atoms with van der Waals surface area (Å²) < 4.78 is 19.2. The van der Waals surface area contributed by atoms with E-state index < -0.39 is 11.7 Å². The lowest BCUT2D eigenvalue weighted by molar-refractivity contribution is 0.0953. The first-order chi connectivity index (χ1) is 9.61. The normalized spacial score (nSPS) is 10.2. The number of carbonyl (C=O) groups excluding carboxylic acids is 1. The maximum Gasteiger partial charge on any atom is 0.265 e. The number of aryl methyl sites for hydroxylation is 1. The van der Waals surface area contributed by atoms with E-state index in [1.54, 1.807) is 25.3 Å². The molecule has 3 N–H and O–H groups in total. The first kappa shape index (κ1) is 14.0. The Labute approximate surface area is 115 Å². The highest BCUT2D eigenvalue weighted by Gasteiger charge is 2.10. The van der Waals surface area contributed by atoms with E-state index in [9.17, 15) is 9.18 Å². The minimum Gasteiger partial charge on any atom is -0.487 e. The van der Waals surface area contributed by atoms with Gasteiger partial charge in [-0.2, -0.15) is 0 Å². The van der Waals surface area contributed by atoms with Crippen LogP contribution in [0.15, 0.2) is 36.5 Å². The van der Waals surface area contributed by atoms with Crippen molar-refractivity contribution in [3.05, 3.63) is 59.2 Å². The van der Waals surface area contributed by atoms with Gasteiger partial charge in [-0.15, -0.1) is 0 Å². The van der Waals surface area contributed by atoms with Gasteiger partial charge >= 0.3 is 0 Å². The molecule has 0 aliphatic rings. The van der Waals surface area contributed by atoms with Gasteiger partial charge in [0.1, 0.15) is 18.2 Å². The largest absolute Gasteiger partial charge is 0.487 e. The van der Waals surface area contributed by atoms with E-state index in [-0.39, 0.29) is 17.7 Å². The van der Waals surface area contributed by atoms with Crippen LogP contribution in [0.1, 0.15) is 21.6 Å². The zero-order valence-electron chi connectivity index (χ0n) is 10.9. The van der Waals surface area contributed by atoms with Crippen LogP contribution in [0, 0.1) is 12.7 Å². The van der Waals surface area contributed by atoms with Crippen LogP contribution >= 0.6 is 0 Å². The summed E-state index contributed by atoms with van der Waals surface area (Å²) in [7, 11) is 0. The number of nitrogens with zero attached hydrogens (tertiary/aromatic N) is 1. The molecule has 2 aromatic rings. The number of hydrazine groups is 1. The fourth-order valence-corrected chi connectivity index (χ4v) is 1.69. The number of halogens is 1. The van der Waals surface area contributed by atoms with Gasteiger partial charge in [-0.3, -0.25) is 15.2 Å². The number of rotatable bonds is 4. The molecule has 0 radical (unpaired) electrons. The number of nitrogen functional groups attached to an aromatic ring is 1. The number of hydrogen-bond acceptors (Lipinski definition) is 4. The SMILES string of the molecule is Cc1ncccc1OCc1cc(C(=O)NN)ccc1F. The molecule has 1 heterocycles. The number of hydrogen-bond donors (Lipinski definition) is 2. The Morgan fingerprint density at radius 2 is 2.25 bits per heavy atom. The lowest BCUT2D eigenvalue weighted by Gasteiger charge is -2.10. The molecule has 0 spiro atoms. The average molecular weight is 275 g/mol. The highest BCUT2D eigenvalue weighted by atomic mass is 19.1. The topological polar surface area (TPSA) is 77.2 Å². The summed E-state index contributed by atoms with van der Waals surface area (Å²) in [6, 6.07) is 7.45. The molecule has 0 saturated heterocycles. The molecule has 0 saturated carbocycles. The number of pyridine rings is 1. The summed E-state index contributed by atoms with van der Waals surface area (Å²) in [5.74, 6) is 4.69. The summed E-state index contributed by atoms with van der Waals surface area (Å²) >= 11 is 0. The van der Waals surface area contributed by atoms with E-state index in [4.69, 9.17) is 10.6 Å². The Morgan fingerprint density at radius 1 is 1.45 bits per heavy atom. The third kappa shape index (κ3) is 3.10. The van der Waals surface area contributed by atoms with E-state index in [1.165, 1.54) is 18.2 Å². The van der Waals surface area contributed by atoms with Crippen molar-refractivity contribution >= 4 is 5.91 Å². The van der Waals surface area contributed by atoms with Crippen LogP contribution in [0.5, 0.6) is 5.75 Å². The predicted octanol–water partition coefficient (Wildman–Crippen LogP) is 1.71. The highest BCUT2D eigenvalue weighted by Crippen LogP contribution is 2.18. The molecule has 0 atom stereocenters. The van der Waals surface area contributed by atoms with Crippen LogP contribution in [0.3, 0.4) is 0 Å². The second-order valence-electron chi connectivity index (χ2n) is 4.16. The molecule has 20 heavy (non-hydrogen) atoms. The Balaban J connectivity index is 2.17. The Kier molecular flexibility index (Phi) is 4.27. The third-order valence-electron chi connectivity index (χ3n) is 2.78. The summed E-state index contributed by atoms with van der Waals surface area (Å²) in [6.45, 7) is 1.80. The molecule has 0 aliphatic carbocycles. The van der Waals surface area contributed by atoms with Gasteiger partial charge in [-0.1, -0.05) is 0 Å². The molecule has 1 aromatic heterocycles. The molecular weight excluding hydrogens is 261 g/mol. The van der Waals surface area contributed by atoms with Gasteiger partial charge in [-0.25, -0.2) is 10.2 Å². The van der Waals surface area contributed by atoms with Gasteiger partial charge in [0.05, 0.1) is 5.69 Å². The van der Waals surface area contributed by atoms with E-state index in [0.29, 0.717) is 11.4 Å². The third-order valence-corrected chi connectivity index (χ3v) is 2.78. The number of nitrogens with two attached hydrogens (primary N) is 1. The minimum atomic E-state index is -0.483. The number of nitrogens with one attached hydrogen (secondary N) is 1. The minimum absolute atomic E-state index is 0.00403. The van der Waals surface area contributed by atoms with Crippen molar-refractivity contribution < 1.29 is 13.9 Å². The Morgan fingerprint density at radius 3 is 2.95 bits per heavy atom. The van der Waals surface area contributed by atoms with E-state index >= 15 is 0 Å². The standard InChI is InChI=1S/C14H14FN3O2/c1-9-13(3-2-6-17-9)20-8-11-7-10(14(19)18-16)4-5-12(11)15/h2-7H,8,16H2,1H3,(H,18,19).